The van der Waals surface area contributed by atoms with Crippen molar-refractivity contribution >= 4 is 11.9 Å². The third-order valence-corrected chi connectivity index (χ3v) is 5.19. The quantitative estimate of drug-likeness (QED) is 0.528. The minimum absolute atomic E-state index is 0.359. The Morgan fingerprint density at radius 2 is 1.62 bits per heavy atom. The van der Waals surface area contributed by atoms with Gasteiger partial charge in [0.2, 0.25) is 0 Å². The Morgan fingerprint density at radius 1 is 1.06 bits per heavy atom. The minimum atomic E-state index is -1.13. The number of carbonyl (C=O) groups is 2. The molecule has 1 aliphatic heterocycles. The van der Waals surface area contributed by atoms with Crippen molar-refractivity contribution in [1.82, 2.24) is 10.2 Å². The molecule has 2 aromatic carbocycles. The Bertz CT molecular complexity index is 968. The lowest BCUT2D eigenvalue weighted by Gasteiger charge is -2.26. The van der Waals surface area contributed by atoms with Crippen LogP contribution in [0, 0.1) is 11.8 Å². The van der Waals surface area contributed by atoms with E-state index < -0.39 is 24.0 Å². The van der Waals surface area contributed by atoms with Crippen molar-refractivity contribution in [3.63, 3.8) is 0 Å². The van der Waals surface area contributed by atoms with Crippen molar-refractivity contribution in [3.05, 3.63) is 70.8 Å². The minimum Gasteiger partial charge on any atom is -0.467 e. The number of nitrogens with one attached hydrogen (secondary N) is 1. The molecule has 0 saturated carbocycles. The van der Waals surface area contributed by atoms with Crippen molar-refractivity contribution in [3.8, 4) is 11.8 Å². The predicted octanol–water partition coefficient (Wildman–Crippen LogP) is 1.57. The number of hydrogen-bond donors (Lipinski definition) is 2. The number of esters is 1. The predicted molar refractivity (Wildman–Crippen MR) is 120 cm³/mol. The van der Waals surface area contributed by atoms with E-state index in [-0.39, 0.29) is 0 Å². The number of benzene rings is 2. The van der Waals surface area contributed by atoms with E-state index in [9.17, 15) is 14.7 Å². The first-order valence-corrected chi connectivity index (χ1v) is 10.5. The number of nitrogens with zero attached hydrogens (tertiary/aromatic N) is 1. The van der Waals surface area contributed by atoms with Crippen LogP contribution in [-0.4, -0.2) is 67.4 Å². The van der Waals surface area contributed by atoms with Crippen molar-refractivity contribution in [2.24, 2.45) is 0 Å². The number of carbonyl (C=O) groups excluding carboxylic acids is 2. The van der Waals surface area contributed by atoms with Gasteiger partial charge in [0.1, 0.15) is 0 Å². The molecule has 1 fully saturated rings. The first-order chi connectivity index (χ1) is 15.5. The molecular weight excluding hydrogens is 408 g/mol. The number of ether oxygens (including phenoxy) is 2. The highest BCUT2D eigenvalue weighted by Gasteiger charge is 2.26. The number of aliphatic hydroxyl groups excluding tert-OH is 1. The maximum Gasteiger partial charge on any atom is 0.331 e. The summed E-state index contributed by atoms with van der Waals surface area (Å²) in [5, 5.41) is 12.2. The molecule has 7 nitrogen and oxygen atoms in total. The van der Waals surface area contributed by atoms with Crippen molar-refractivity contribution in [2.75, 3.05) is 33.4 Å². The van der Waals surface area contributed by atoms with Crippen LogP contribution in [0.15, 0.2) is 48.5 Å². The average molecular weight is 437 g/mol. The van der Waals surface area contributed by atoms with E-state index >= 15 is 0 Å². The second kappa shape index (κ2) is 11.4. The summed E-state index contributed by atoms with van der Waals surface area (Å²) >= 11 is 0. The van der Waals surface area contributed by atoms with E-state index in [2.05, 4.69) is 38.9 Å². The SMILES string of the molecule is COC(=O)[C@@H](NC(=O)c1ccc(C#Cc2ccc(CN3CCOCC3)cc2)cc1)[C@@H](C)O. The van der Waals surface area contributed by atoms with Crippen molar-refractivity contribution < 1.29 is 24.2 Å². The zero-order valence-corrected chi connectivity index (χ0v) is 18.3. The topological polar surface area (TPSA) is 88.1 Å². The van der Waals surface area contributed by atoms with E-state index in [0.29, 0.717) is 5.56 Å². The fraction of sp³-hybridized carbons (Fsp3) is 0.360. The molecule has 32 heavy (non-hydrogen) atoms. The lowest BCUT2D eigenvalue weighted by atomic mass is 10.1. The zero-order chi connectivity index (χ0) is 22.9. The van der Waals surface area contributed by atoms with Crippen molar-refractivity contribution in [1.29, 1.82) is 0 Å². The molecule has 3 rings (SSSR count). The third kappa shape index (κ3) is 6.66. The Balaban J connectivity index is 1.58. The van der Waals surface area contributed by atoms with Crippen LogP contribution in [-0.2, 0) is 20.8 Å². The molecule has 1 heterocycles. The Labute approximate surface area is 188 Å². The van der Waals surface area contributed by atoms with Crippen LogP contribution in [0.1, 0.15) is 34.0 Å². The summed E-state index contributed by atoms with van der Waals surface area (Å²) in [6.45, 7) is 5.81. The van der Waals surface area contributed by atoms with Gasteiger partial charge in [-0.15, -0.1) is 0 Å². The van der Waals surface area contributed by atoms with E-state index in [0.717, 1.165) is 44.0 Å². The van der Waals surface area contributed by atoms with Crippen LogP contribution >= 0.6 is 0 Å². The molecule has 1 aliphatic rings. The molecule has 1 saturated heterocycles. The molecule has 0 radical (unpaired) electrons. The second-order valence-corrected chi connectivity index (χ2v) is 7.63. The molecule has 0 spiro atoms. The summed E-state index contributed by atoms with van der Waals surface area (Å²) < 4.78 is 9.99. The fourth-order valence-corrected chi connectivity index (χ4v) is 3.29. The van der Waals surface area contributed by atoms with Gasteiger partial charge in [0.15, 0.2) is 6.04 Å². The van der Waals surface area contributed by atoms with Crippen LogP contribution in [0.5, 0.6) is 0 Å². The van der Waals surface area contributed by atoms with E-state index in [4.69, 9.17) is 4.74 Å². The first-order valence-electron chi connectivity index (χ1n) is 10.5. The van der Waals surface area contributed by atoms with E-state index in [1.807, 2.05) is 12.1 Å². The monoisotopic (exact) mass is 436 g/mol. The van der Waals surface area contributed by atoms with Crippen LogP contribution in [0.25, 0.3) is 0 Å². The van der Waals surface area contributed by atoms with E-state index in [1.165, 1.54) is 19.6 Å². The third-order valence-electron chi connectivity index (χ3n) is 5.19. The lowest BCUT2D eigenvalue weighted by Crippen LogP contribution is -2.48. The van der Waals surface area contributed by atoms with Gasteiger partial charge in [-0.05, 0) is 48.9 Å². The molecule has 168 valence electrons. The normalized spacial score (nSPS) is 15.7. The molecule has 1 amide bonds. The van der Waals surface area contributed by atoms with Gasteiger partial charge in [-0.3, -0.25) is 9.69 Å². The van der Waals surface area contributed by atoms with Crippen LogP contribution in [0.4, 0.5) is 0 Å². The molecule has 2 N–H and O–H groups in total. The Morgan fingerprint density at radius 3 is 2.16 bits per heavy atom. The van der Waals surface area contributed by atoms with Gasteiger partial charge >= 0.3 is 5.97 Å². The number of methoxy groups -OCH3 is 1. The summed E-state index contributed by atoms with van der Waals surface area (Å²) in [4.78, 5) is 26.4. The first kappa shape index (κ1) is 23.5. The molecule has 0 bridgehead atoms. The molecule has 0 unspecified atom stereocenters. The highest BCUT2D eigenvalue weighted by atomic mass is 16.5. The molecular formula is C25H28N2O5. The summed E-state index contributed by atoms with van der Waals surface area (Å²) in [6, 6.07) is 13.8. The maximum atomic E-state index is 12.4. The highest BCUT2D eigenvalue weighted by molar-refractivity contribution is 5.97. The fourth-order valence-electron chi connectivity index (χ4n) is 3.29. The Hall–Kier alpha value is -3.18. The van der Waals surface area contributed by atoms with Gasteiger partial charge in [0.25, 0.3) is 5.91 Å². The van der Waals surface area contributed by atoms with Gasteiger partial charge < -0.3 is 19.9 Å². The highest BCUT2D eigenvalue weighted by Crippen LogP contribution is 2.10. The number of hydrogen-bond acceptors (Lipinski definition) is 6. The second-order valence-electron chi connectivity index (χ2n) is 7.63. The van der Waals surface area contributed by atoms with Gasteiger partial charge in [-0.2, -0.15) is 0 Å². The van der Waals surface area contributed by atoms with Crippen LogP contribution in [0.3, 0.4) is 0 Å². The van der Waals surface area contributed by atoms with Gasteiger partial charge in [-0.25, -0.2) is 4.79 Å². The number of rotatable bonds is 6. The summed E-state index contributed by atoms with van der Waals surface area (Å²) in [5.74, 6) is 5.05. The molecule has 0 aliphatic carbocycles. The summed E-state index contributed by atoms with van der Waals surface area (Å²) in [6.07, 6.45) is -1.07. The van der Waals surface area contributed by atoms with Gasteiger partial charge in [-0.1, -0.05) is 24.0 Å². The van der Waals surface area contributed by atoms with Crippen LogP contribution < -0.4 is 5.32 Å². The molecule has 0 aromatic heterocycles. The van der Waals surface area contributed by atoms with E-state index in [1.54, 1.807) is 24.3 Å². The molecule has 7 heteroatoms. The number of amides is 1. The zero-order valence-electron chi connectivity index (χ0n) is 18.3. The maximum absolute atomic E-state index is 12.4. The Kier molecular flexibility index (Phi) is 8.40. The number of aliphatic hydroxyl groups is 1. The largest absolute Gasteiger partial charge is 0.467 e. The van der Waals surface area contributed by atoms with Crippen molar-refractivity contribution in [2.45, 2.75) is 25.6 Å². The number of morpholine rings is 1. The summed E-state index contributed by atoms with van der Waals surface area (Å²) in [7, 11) is 1.20. The van der Waals surface area contributed by atoms with Gasteiger partial charge in [0, 0.05) is 36.3 Å². The smallest absolute Gasteiger partial charge is 0.331 e. The van der Waals surface area contributed by atoms with Gasteiger partial charge in [0.05, 0.1) is 26.4 Å². The standard InChI is InChI=1S/C25H28N2O5/c1-18(28)23(25(30)31-2)26-24(29)22-11-9-20(10-12-22)4-3-19-5-7-21(8-6-19)17-27-13-15-32-16-14-27/h5-12,18,23,28H,13-17H2,1-2H3,(H,26,29)/t18-,23+/m1/s1. The lowest BCUT2D eigenvalue weighted by molar-refractivity contribution is -0.145. The molecule has 2 atom stereocenters. The van der Waals surface area contributed by atoms with Crippen LogP contribution in [0.2, 0.25) is 0 Å². The summed E-state index contributed by atoms with van der Waals surface area (Å²) in [5.41, 5.74) is 3.28. The molecule has 2 aromatic rings. The average Bonchev–Trinajstić information content (AvgIpc) is 2.82.